The standard InChI is InChI=1S/3C4H9.C2H2B.Sn/c3*1-3-4-2;1-2-3;/h3*1,3-4H2,2H3;1-2H;/i;;;2D;. The average Bonchev–Trinajstić information content (AvgIpc) is 2.30. The van der Waals surface area contributed by atoms with Crippen LogP contribution in [-0.2, 0) is 0 Å². The molecule has 0 aliphatic carbocycles. The zero-order chi connectivity index (χ0) is 13.1. The molecule has 0 spiro atoms. The third-order valence-electron chi connectivity index (χ3n) is 3.47. The Hall–Kier alpha value is 0.604. The first-order chi connectivity index (χ1) is 8.10. The first-order valence-electron chi connectivity index (χ1n) is 7.55. The molecule has 0 saturated heterocycles. The summed E-state index contributed by atoms with van der Waals surface area (Å²) in [6.45, 7) is 6.80. The average molecular weight is 328 g/mol. The quantitative estimate of drug-likeness (QED) is 0.492. The molecule has 0 rings (SSSR count). The number of hydrogen-bond acceptors (Lipinski definition) is 0. The monoisotopic (exact) mass is 329 g/mol. The van der Waals surface area contributed by atoms with Gasteiger partial charge in [0.1, 0.15) is 0 Å². The van der Waals surface area contributed by atoms with E-state index in [2.05, 4.69) is 24.9 Å². The van der Waals surface area contributed by atoms with Crippen LogP contribution in [0.5, 0.6) is 0 Å². The molecule has 92 valence electrons. The molecule has 0 aromatic carbocycles. The molecule has 2 heteroatoms. The molecular weight excluding hydrogens is 298 g/mol. The summed E-state index contributed by atoms with van der Waals surface area (Å²) in [6, 6.07) is 0. The van der Waals surface area contributed by atoms with Gasteiger partial charge in [-0.2, -0.15) is 0 Å². The van der Waals surface area contributed by atoms with E-state index in [1.165, 1.54) is 51.8 Å². The van der Waals surface area contributed by atoms with E-state index in [1.807, 2.05) is 0 Å². The summed E-state index contributed by atoms with van der Waals surface area (Å²) >= 11 is -2.21. The molecule has 0 amide bonds. The molecule has 0 aliphatic heterocycles. The van der Waals surface area contributed by atoms with Crippen molar-refractivity contribution in [1.29, 1.82) is 0 Å². The van der Waals surface area contributed by atoms with Gasteiger partial charge in [-0.1, -0.05) is 0 Å². The van der Waals surface area contributed by atoms with Crippen LogP contribution in [0.3, 0.4) is 0 Å². The maximum absolute atomic E-state index is 7.63. The van der Waals surface area contributed by atoms with E-state index in [0.717, 1.165) is 0 Å². The van der Waals surface area contributed by atoms with Crippen LogP contribution in [0.2, 0.25) is 13.3 Å². The van der Waals surface area contributed by atoms with Gasteiger partial charge in [0.2, 0.25) is 0 Å². The van der Waals surface area contributed by atoms with Crippen LogP contribution in [0.1, 0.15) is 60.7 Å². The van der Waals surface area contributed by atoms with E-state index in [0.29, 0.717) is 5.95 Å². The third kappa shape index (κ3) is 7.03. The van der Waals surface area contributed by atoms with E-state index in [1.54, 1.807) is 0 Å². The Kier molecular flexibility index (Phi) is 9.84. The van der Waals surface area contributed by atoms with Gasteiger partial charge in [0.05, 0.1) is 0 Å². The molecule has 16 heavy (non-hydrogen) atoms. The maximum atomic E-state index is 7.63. The van der Waals surface area contributed by atoms with Crippen molar-refractivity contribution >= 4 is 26.2 Å². The first kappa shape index (κ1) is 14.7. The fourth-order valence-corrected chi connectivity index (χ4v) is 15.8. The summed E-state index contributed by atoms with van der Waals surface area (Å²) in [7, 11) is 5.67. The minimum absolute atomic E-state index is 0.351. The van der Waals surface area contributed by atoms with E-state index >= 15 is 0 Å². The van der Waals surface area contributed by atoms with Gasteiger partial charge in [-0.05, 0) is 0 Å². The second-order valence-electron chi connectivity index (χ2n) is 4.98. The second-order valence-corrected chi connectivity index (χ2v) is 17.9. The first-order valence-corrected chi connectivity index (χ1v) is 14.8. The van der Waals surface area contributed by atoms with Crippen molar-refractivity contribution < 1.29 is 1.37 Å². The molecule has 0 atom stereocenters. The van der Waals surface area contributed by atoms with Crippen LogP contribution < -0.4 is 0 Å². The van der Waals surface area contributed by atoms with Gasteiger partial charge in [-0.3, -0.25) is 0 Å². The zero-order valence-electron chi connectivity index (χ0n) is 12.5. The van der Waals surface area contributed by atoms with Crippen LogP contribution in [0.25, 0.3) is 0 Å². The summed E-state index contributed by atoms with van der Waals surface area (Å²) in [5.41, 5.74) is 0. The molecular formula is C14H29BSn. The van der Waals surface area contributed by atoms with Gasteiger partial charge in [-0.25, -0.2) is 0 Å². The molecule has 0 saturated carbocycles. The molecule has 0 fully saturated rings. The van der Waals surface area contributed by atoms with Gasteiger partial charge < -0.3 is 0 Å². The zero-order valence-corrected chi connectivity index (χ0v) is 14.4. The van der Waals surface area contributed by atoms with Crippen LogP contribution >= 0.6 is 0 Å². The van der Waals surface area contributed by atoms with Crippen molar-refractivity contribution in [2.75, 3.05) is 0 Å². The summed E-state index contributed by atoms with van der Waals surface area (Å²) < 4.78 is 14.1. The minimum atomic E-state index is -2.21. The van der Waals surface area contributed by atoms with Crippen molar-refractivity contribution in [2.45, 2.75) is 72.6 Å². The van der Waals surface area contributed by atoms with Gasteiger partial charge in [0, 0.05) is 0 Å². The van der Waals surface area contributed by atoms with Crippen molar-refractivity contribution in [1.82, 2.24) is 0 Å². The van der Waals surface area contributed by atoms with Crippen molar-refractivity contribution in [3.63, 3.8) is 0 Å². The number of rotatable bonds is 10. The normalized spacial score (nSPS) is 13.9. The van der Waals surface area contributed by atoms with Gasteiger partial charge in [-0.15, -0.1) is 0 Å². The van der Waals surface area contributed by atoms with Crippen LogP contribution in [0.4, 0.5) is 0 Å². The fraction of sp³-hybridized carbons (Fsp3) is 0.857. The second kappa shape index (κ2) is 10.7. The summed E-state index contributed by atoms with van der Waals surface area (Å²) in [6.07, 6.45) is 7.86. The van der Waals surface area contributed by atoms with E-state index in [9.17, 15) is 0 Å². The van der Waals surface area contributed by atoms with Gasteiger partial charge >= 0.3 is 110 Å². The molecule has 0 bridgehead atoms. The molecule has 0 unspecified atom stereocenters. The Labute approximate surface area is 110 Å². The van der Waals surface area contributed by atoms with E-state index in [-0.39, 0.29) is 0 Å². The predicted octanol–water partition coefficient (Wildman–Crippen LogP) is 5.06. The molecule has 0 aromatic heterocycles. The number of hydrogen-bond donors (Lipinski definition) is 0. The molecule has 0 heterocycles. The third-order valence-corrected chi connectivity index (χ3v) is 17.3. The Balaban J connectivity index is 4.70. The van der Waals surface area contributed by atoms with Crippen LogP contribution in [0.15, 0.2) is 10.0 Å². The Morgan fingerprint density at radius 3 is 1.56 bits per heavy atom. The molecule has 0 nitrogen and oxygen atoms in total. The summed E-state index contributed by atoms with van der Waals surface area (Å²) in [5, 5.41) is 0. The summed E-state index contributed by atoms with van der Waals surface area (Å²) in [4.78, 5) is 0. The molecule has 0 aromatic rings. The molecule has 0 aliphatic rings. The molecule has 2 radical (unpaired) electrons. The molecule has 0 N–H and O–H groups in total. The van der Waals surface area contributed by atoms with Crippen LogP contribution in [0, 0.1) is 0 Å². The predicted molar refractivity (Wildman–Crippen MR) is 79.8 cm³/mol. The van der Waals surface area contributed by atoms with Gasteiger partial charge in [0.25, 0.3) is 0 Å². The van der Waals surface area contributed by atoms with Crippen molar-refractivity contribution in [2.24, 2.45) is 0 Å². The summed E-state index contributed by atoms with van der Waals surface area (Å²) in [5.74, 6) is 0.351. The van der Waals surface area contributed by atoms with Gasteiger partial charge in [0.15, 0.2) is 0 Å². The Morgan fingerprint density at radius 1 is 0.938 bits per heavy atom. The van der Waals surface area contributed by atoms with E-state index < -0.39 is 18.4 Å². The fourth-order valence-electron chi connectivity index (χ4n) is 2.35. The van der Waals surface area contributed by atoms with E-state index in [4.69, 9.17) is 9.22 Å². The Morgan fingerprint density at radius 2 is 1.31 bits per heavy atom. The Bertz CT molecular complexity index is 190. The number of unbranched alkanes of at least 4 members (excludes halogenated alkanes) is 3. The van der Waals surface area contributed by atoms with Crippen molar-refractivity contribution in [3.8, 4) is 0 Å². The van der Waals surface area contributed by atoms with Crippen molar-refractivity contribution in [3.05, 3.63) is 10.0 Å². The van der Waals surface area contributed by atoms with Crippen LogP contribution in [-0.4, -0.2) is 26.2 Å². The topological polar surface area (TPSA) is 0 Å². The SMILES string of the molecule is [2H]/C([B])=[CH]\[Sn]([CH2]CCC)([CH2]CCC)[CH2]CCC.